The smallest absolute Gasteiger partial charge is 0.220 e. The maximum Gasteiger partial charge on any atom is 0.220 e. The molecule has 4 nitrogen and oxygen atoms in total. The Hall–Kier alpha value is -0.330. The van der Waals surface area contributed by atoms with Crippen LogP contribution in [0.3, 0.4) is 0 Å². The van der Waals surface area contributed by atoms with Crippen molar-refractivity contribution in [2.45, 2.75) is 58.0 Å². The molecule has 3 N–H and O–H groups in total. The van der Waals surface area contributed by atoms with Crippen molar-refractivity contribution >= 4 is 42.1 Å². The van der Waals surface area contributed by atoms with Crippen LogP contribution >= 0.6 is 36.2 Å². The number of halogens is 2. The van der Waals surface area contributed by atoms with Crippen molar-refractivity contribution in [3.8, 4) is 0 Å². The molecule has 1 aliphatic heterocycles. The number of fused-ring (bicyclic) bond motifs is 1. The summed E-state index contributed by atoms with van der Waals surface area (Å²) < 4.78 is 0. The van der Waals surface area contributed by atoms with E-state index in [9.17, 15) is 4.79 Å². The molecule has 0 saturated carbocycles. The fourth-order valence-electron chi connectivity index (χ4n) is 2.91. The van der Waals surface area contributed by atoms with Gasteiger partial charge in [0.05, 0.1) is 0 Å². The highest BCUT2D eigenvalue weighted by atomic mass is 35.5. The summed E-state index contributed by atoms with van der Waals surface area (Å²) in [6.07, 6.45) is 6.07. The first kappa shape index (κ1) is 23.7. The number of hydrogen-bond donors (Lipinski definition) is 2. The molecule has 0 aliphatic carbocycles. The van der Waals surface area contributed by atoms with Gasteiger partial charge in [0.25, 0.3) is 0 Å². The number of rotatable bonds is 9. The maximum atomic E-state index is 11.9. The largest absolute Gasteiger partial charge is 0.355 e. The Morgan fingerprint density at radius 1 is 1.33 bits per heavy atom. The summed E-state index contributed by atoms with van der Waals surface area (Å²) in [5.41, 5.74) is 6.93. The lowest BCUT2D eigenvalue weighted by Gasteiger charge is -2.32. The summed E-state index contributed by atoms with van der Waals surface area (Å²) >= 11 is 1.87. The van der Waals surface area contributed by atoms with Gasteiger partial charge in [0.1, 0.15) is 0 Å². The monoisotopic (exact) mass is 395 g/mol. The number of thiophene rings is 1. The fourth-order valence-corrected chi connectivity index (χ4v) is 3.80. The summed E-state index contributed by atoms with van der Waals surface area (Å²) in [7, 11) is 0. The van der Waals surface area contributed by atoms with Crippen LogP contribution in [0.4, 0.5) is 0 Å². The lowest BCUT2D eigenvalue weighted by Crippen LogP contribution is -2.44. The van der Waals surface area contributed by atoms with E-state index in [0.717, 1.165) is 58.3 Å². The standard InChI is InChI=1S/C17H29N3OS.2ClH/c1-14(12-19-17(21)6-4-2-3-5-9-18)20-10-7-16-15(13-20)8-11-22-16;;/h8,11,14H,2-7,9-10,12-13,18H2,1H3,(H,19,21);2*1H. The minimum Gasteiger partial charge on any atom is -0.355 e. The van der Waals surface area contributed by atoms with Crippen molar-refractivity contribution in [1.82, 2.24) is 10.2 Å². The summed E-state index contributed by atoms with van der Waals surface area (Å²) in [5.74, 6) is 0.188. The predicted octanol–water partition coefficient (Wildman–Crippen LogP) is 3.36. The molecule has 2 rings (SSSR count). The van der Waals surface area contributed by atoms with Crippen LogP contribution in [-0.2, 0) is 17.8 Å². The second kappa shape index (κ2) is 13.0. The van der Waals surface area contributed by atoms with E-state index >= 15 is 0 Å². The van der Waals surface area contributed by atoms with E-state index in [1.54, 1.807) is 0 Å². The second-order valence-electron chi connectivity index (χ2n) is 6.20. The van der Waals surface area contributed by atoms with Crippen molar-refractivity contribution < 1.29 is 4.79 Å². The summed E-state index contributed by atoms with van der Waals surface area (Å²) in [6.45, 7) is 5.84. The first-order valence-corrected chi connectivity index (χ1v) is 9.34. The Balaban J connectivity index is 0.00000264. The van der Waals surface area contributed by atoms with Gasteiger partial charge in [-0.15, -0.1) is 36.2 Å². The highest BCUT2D eigenvalue weighted by Gasteiger charge is 2.21. The van der Waals surface area contributed by atoms with E-state index in [2.05, 4.69) is 28.6 Å². The molecule has 0 spiro atoms. The first-order chi connectivity index (χ1) is 10.7. The predicted molar refractivity (Wildman–Crippen MR) is 108 cm³/mol. The van der Waals surface area contributed by atoms with E-state index in [0.29, 0.717) is 12.5 Å². The van der Waals surface area contributed by atoms with Crippen LogP contribution in [0.1, 0.15) is 49.5 Å². The zero-order valence-electron chi connectivity index (χ0n) is 14.5. The van der Waals surface area contributed by atoms with Gasteiger partial charge in [0.15, 0.2) is 0 Å². The molecule has 0 radical (unpaired) electrons. The number of nitrogens with one attached hydrogen (secondary N) is 1. The highest BCUT2D eigenvalue weighted by Crippen LogP contribution is 2.24. The summed E-state index contributed by atoms with van der Waals surface area (Å²) in [5, 5.41) is 5.27. The van der Waals surface area contributed by atoms with Crippen molar-refractivity contribution in [1.29, 1.82) is 0 Å². The summed E-state index contributed by atoms with van der Waals surface area (Å²) in [6, 6.07) is 2.63. The molecule has 1 aromatic heterocycles. The Morgan fingerprint density at radius 2 is 2.08 bits per heavy atom. The lowest BCUT2D eigenvalue weighted by atomic mass is 10.1. The number of amides is 1. The van der Waals surface area contributed by atoms with Gasteiger partial charge in [-0.2, -0.15) is 0 Å². The molecule has 1 aromatic rings. The Morgan fingerprint density at radius 3 is 2.83 bits per heavy atom. The van der Waals surface area contributed by atoms with Gasteiger partial charge in [-0.25, -0.2) is 0 Å². The van der Waals surface area contributed by atoms with Crippen LogP contribution in [0, 0.1) is 0 Å². The van der Waals surface area contributed by atoms with Crippen LogP contribution in [0.25, 0.3) is 0 Å². The molecule has 0 fully saturated rings. The van der Waals surface area contributed by atoms with Crippen LogP contribution in [0.5, 0.6) is 0 Å². The molecule has 1 atom stereocenters. The molecule has 1 unspecified atom stereocenters. The van der Waals surface area contributed by atoms with Gasteiger partial charge in [-0.1, -0.05) is 12.8 Å². The fraction of sp³-hybridized carbons (Fsp3) is 0.706. The van der Waals surface area contributed by atoms with Crippen molar-refractivity contribution in [3.05, 3.63) is 21.9 Å². The molecule has 140 valence electrons. The Bertz CT molecular complexity index is 470. The zero-order chi connectivity index (χ0) is 15.8. The third kappa shape index (κ3) is 7.70. The Kier molecular flexibility index (Phi) is 12.8. The van der Waals surface area contributed by atoms with E-state index in [1.165, 1.54) is 10.4 Å². The van der Waals surface area contributed by atoms with Gasteiger partial charge in [-0.05, 0) is 49.7 Å². The number of carbonyl (C=O) groups is 1. The minimum atomic E-state index is 0. The van der Waals surface area contributed by atoms with Crippen molar-refractivity contribution in [2.24, 2.45) is 5.73 Å². The SMILES string of the molecule is CC(CNC(=O)CCCCCCN)N1CCc2sccc2C1.Cl.Cl. The molecule has 1 aliphatic rings. The normalized spacial score (nSPS) is 14.9. The molecular weight excluding hydrogens is 365 g/mol. The molecule has 7 heteroatoms. The van der Waals surface area contributed by atoms with Crippen LogP contribution < -0.4 is 11.1 Å². The number of unbranched alkanes of at least 4 members (excludes halogenated alkanes) is 3. The minimum absolute atomic E-state index is 0. The van der Waals surface area contributed by atoms with Crippen LogP contribution in [0.2, 0.25) is 0 Å². The van der Waals surface area contributed by atoms with Crippen LogP contribution in [0.15, 0.2) is 11.4 Å². The van der Waals surface area contributed by atoms with E-state index < -0.39 is 0 Å². The van der Waals surface area contributed by atoms with Crippen molar-refractivity contribution in [2.75, 3.05) is 19.6 Å². The van der Waals surface area contributed by atoms with Gasteiger partial charge >= 0.3 is 0 Å². The number of nitrogens with zero attached hydrogens (tertiary/aromatic N) is 1. The number of hydrogen-bond acceptors (Lipinski definition) is 4. The third-order valence-electron chi connectivity index (χ3n) is 4.41. The topological polar surface area (TPSA) is 58.4 Å². The van der Waals surface area contributed by atoms with E-state index in [1.807, 2.05) is 11.3 Å². The first-order valence-electron chi connectivity index (χ1n) is 8.46. The zero-order valence-corrected chi connectivity index (χ0v) is 16.9. The number of nitrogens with two attached hydrogens (primary N) is 1. The molecule has 1 amide bonds. The highest BCUT2D eigenvalue weighted by molar-refractivity contribution is 7.10. The van der Waals surface area contributed by atoms with Crippen LogP contribution in [-0.4, -0.2) is 36.5 Å². The molecule has 2 heterocycles. The summed E-state index contributed by atoms with van der Waals surface area (Å²) in [4.78, 5) is 15.9. The third-order valence-corrected chi connectivity index (χ3v) is 5.44. The van der Waals surface area contributed by atoms with E-state index in [-0.39, 0.29) is 30.7 Å². The van der Waals surface area contributed by atoms with E-state index in [4.69, 9.17) is 5.73 Å². The number of carbonyl (C=O) groups excluding carboxylic acids is 1. The average Bonchev–Trinajstić information content (AvgIpc) is 2.99. The molecule has 0 bridgehead atoms. The van der Waals surface area contributed by atoms with Gasteiger partial charge in [-0.3, -0.25) is 9.69 Å². The quantitative estimate of drug-likeness (QED) is 0.630. The molecule has 0 aromatic carbocycles. The Labute approximate surface area is 162 Å². The van der Waals surface area contributed by atoms with Gasteiger partial charge in [0, 0.05) is 37.0 Å². The second-order valence-corrected chi connectivity index (χ2v) is 7.20. The van der Waals surface area contributed by atoms with Gasteiger partial charge < -0.3 is 11.1 Å². The van der Waals surface area contributed by atoms with Gasteiger partial charge in [0.2, 0.25) is 5.91 Å². The molecule has 24 heavy (non-hydrogen) atoms. The average molecular weight is 396 g/mol. The maximum absolute atomic E-state index is 11.9. The molecular formula is C17H31Cl2N3OS. The van der Waals surface area contributed by atoms with Crippen molar-refractivity contribution in [3.63, 3.8) is 0 Å². The lowest BCUT2D eigenvalue weighted by molar-refractivity contribution is -0.121. The molecule has 0 saturated heterocycles.